The smallest absolute Gasteiger partial charge is 0.237 e. The molecule has 3 heterocycles. The average molecular weight is 353 g/mol. The molecule has 3 aromatic rings. The predicted molar refractivity (Wildman–Crippen MR) is 95.7 cm³/mol. The third kappa shape index (κ3) is 3.46. The zero-order valence-electron chi connectivity index (χ0n) is 14.3. The Labute approximate surface area is 150 Å². The summed E-state index contributed by atoms with van der Waals surface area (Å²) in [6.07, 6.45) is 5.04. The van der Waals surface area contributed by atoms with Crippen molar-refractivity contribution >= 4 is 16.8 Å². The van der Waals surface area contributed by atoms with E-state index in [-0.39, 0.29) is 17.8 Å². The number of halogens is 1. The van der Waals surface area contributed by atoms with Gasteiger partial charge in [0.15, 0.2) is 0 Å². The minimum absolute atomic E-state index is 0.0208. The van der Waals surface area contributed by atoms with Crippen LogP contribution in [0.2, 0.25) is 0 Å². The number of likely N-dealkylation sites (tertiary alicyclic amines) is 1. The average Bonchev–Trinajstić information content (AvgIpc) is 3.31. The molecule has 1 atom stereocenters. The molecule has 1 unspecified atom stereocenters. The zero-order chi connectivity index (χ0) is 17.9. The van der Waals surface area contributed by atoms with Crippen LogP contribution in [0.5, 0.6) is 0 Å². The fourth-order valence-electron chi connectivity index (χ4n) is 3.58. The predicted octanol–water partition coefficient (Wildman–Crippen LogP) is 3.25. The quantitative estimate of drug-likeness (QED) is 0.765. The maximum atomic E-state index is 14.0. The van der Waals surface area contributed by atoms with Gasteiger partial charge in [-0.2, -0.15) is 0 Å². The van der Waals surface area contributed by atoms with Crippen LogP contribution in [0, 0.1) is 5.82 Å². The number of hydrogen-bond donors (Lipinski definition) is 1. The van der Waals surface area contributed by atoms with Crippen LogP contribution >= 0.6 is 0 Å². The van der Waals surface area contributed by atoms with Crippen LogP contribution in [-0.4, -0.2) is 28.4 Å². The lowest BCUT2D eigenvalue weighted by Gasteiger charge is -2.24. The van der Waals surface area contributed by atoms with Crippen molar-refractivity contribution in [1.29, 1.82) is 0 Å². The first-order chi connectivity index (χ1) is 12.7. The Balaban J connectivity index is 1.49. The van der Waals surface area contributed by atoms with Crippen molar-refractivity contribution in [2.75, 3.05) is 6.54 Å². The Bertz CT molecular complexity index is 911. The Morgan fingerprint density at radius 3 is 3.12 bits per heavy atom. The number of fused-ring (bicyclic) bond motifs is 1. The van der Waals surface area contributed by atoms with E-state index in [1.165, 1.54) is 12.1 Å². The second-order valence-corrected chi connectivity index (χ2v) is 6.57. The highest BCUT2D eigenvalue weighted by molar-refractivity contribution is 5.83. The van der Waals surface area contributed by atoms with Gasteiger partial charge in [0.25, 0.3) is 0 Å². The molecule has 0 bridgehead atoms. The number of aromatic nitrogens is 1. The molecule has 1 aliphatic rings. The van der Waals surface area contributed by atoms with Crippen molar-refractivity contribution in [3.8, 4) is 0 Å². The van der Waals surface area contributed by atoms with Crippen LogP contribution < -0.4 is 5.32 Å². The number of nitrogens with one attached hydrogen (secondary N) is 1. The van der Waals surface area contributed by atoms with E-state index in [1.54, 1.807) is 24.6 Å². The minimum Gasteiger partial charge on any atom is -0.467 e. The number of amides is 1. The van der Waals surface area contributed by atoms with Gasteiger partial charge >= 0.3 is 0 Å². The first kappa shape index (κ1) is 16.7. The van der Waals surface area contributed by atoms with E-state index in [4.69, 9.17) is 4.42 Å². The summed E-state index contributed by atoms with van der Waals surface area (Å²) >= 11 is 0. The Hall–Kier alpha value is -2.73. The maximum absolute atomic E-state index is 14.0. The van der Waals surface area contributed by atoms with E-state index in [9.17, 15) is 9.18 Å². The number of nitrogens with zero attached hydrogens (tertiary/aromatic N) is 2. The Morgan fingerprint density at radius 2 is 2.27 bits per heavy atom. The summed E-state index contributed by atoms with van der Waals surface area (Å²) < 4.78 is 19.2. The second-order valence-electron chi connectivity index (χ2n) is 6.57. The third-order valence-corrected chi connectivity index (χ3v) is 4.81. The van der Waals surface area contributed by atoms with Gasteiger partial charge in [0, 0.05) is 18.1 Å². The SMILES string of the molecule is O=C(NCc1ccco1)C1CCCN1Cc1cc(F)cc2cccnc12. The summed E-state index contributed by atoms with van der Waals surface area (Å²) in [4.78, 5) is 19.1. The number of furan rings is 1. The molecule has 1 fully saturated rings. The third-order valence-electron chi connectivity index (χ3n) is 4.81. The van der Waals surface area contributed by atoms with Crippen molar-refractivity contribution in [3.05, 3.63) is 66.0 Å². The van der Waals surface area contributed by atoms with Crippen LogP contribution in [0.1, 0.15) is 24.2 Å². The van der Waals surface area contributed by atoms with E-state index >= 15 is 0 Å². The summed E-state index contributed by atoms with van der Waals surface area (Å²) in [5.74, 6) is 0.425. The minimum atomic E-state index is -0.279. The summed E-state index contributed by atoms with van der Waals surface area (Å²) in [6.45, 7) is 1.69. The van der Waals surface area contributed by atoms with Crippen molar-refractivity contribution < 1.29 is 13.6 Å². The van der Waals surface area contributed by atoms with Crippen LogP contribution in [0.25, 0.3) is 10.9 Å². The molecule has 1 amide bonds. The first-order valence-electron chi connectivity index (χ1n) is 8.78. The summed E-state index contributed by atoms with van der Waals surface area (Å²) in [7, 11) is 0. The van der Waals surface area contributed by atoms with E-state index in [0.29, 0.717) is 13.1 Å². The van der Waals surface area contributed by atoms with Gasteiger partial charge in [-0.3, -0.25) is 14.7 Å². The van der Waals surface area contributed by atoms with Crippen molar-refractivity contribution in [1.82, 2.24) is 15.2 Å². The standard InChI is InChI=1S/C20H20FN3O2/c21-16-10-14-4-1-7-22-19(14)15(11-16)13-24-8-2-6-18(24)20(25)23-12-17-5-3-9-26-17/h1,3-5,7,9-11,18H,2,6,8,12-13H2,(H,23,25). The molecule has 0 aliphatic carbocycles. The molecule has 134 valence electrons. The molecule has 0 spiro atoms. The van der Waals surface area contributed by atoms with Crippen molar-refractivity contribution in [2.24, 2.45) is 0 Å². The van der Waals surface area contributed by atoms with Gasteiger partial charge in [0.1, 0.15) is 11.6 Å². The highest BCUT2D eigenvalue weighted by Crippen LogP contribution is 2.25. The van der Waals surface area contributed by atoms with E-state index in [0.717, 1.165) is 41.6 Å². The summed E-state index contributed by atoms with van der Waals surface area (Å²) in [5, 5.41) is 3.71. The fraction of sp³-hybridized carbons (Fsp3) is 0.300. The van der Waals surface area contributed by atoms with Gasteiger partial charge in [-0.1, -0.05) is 6.07 Å². The van der Waals surface area contributed by atoms with Crippen molar-refractivity contribution in [3.63, 3.8) is 0 Å². The molecule has 0 radical (unpaired) electrons. The fourth-order valence-corrected chi connectivity index (χ4v) is 3.58. The summed E-state index contributed by atoms with van der Waals surface area (Å²) in [5.41, 5.74) is 1.60. The lowest BCUT2D eigenvalue weighted by Crippen LogP contribution is -2.42. The molecule has 1 aliphatic heterocycles. The largest absolute Gasteiger partial charge is 0.467 e. The molecule has 26 heavy (non-hydrogen) atoms. The number of benzene rings is 1. The van der Waals surface area contributed by atoms with Gasteiger partial charge in [-0.15, -0.1) is 0 Å². The van der Waals surface area contributed by atoms with Crippen LogP contribution in [0.4, 0.5) is 4.39 Å². The highest BCUT2D eigenvalue weighted by atomic mass is 19.1. The molecule has 1 N–H and O–H groups in total. The normalized spacial score (nSPS) is 17.7. The van der Waals surface area contributed by atoms with Gasteiger partial charge in [-0.05, 0) is 55.3 Å². The van der Waals surface area contributed by atoms with Gasteiger partial charge in [0.2, 0.25) is 5.91 Å². The number of carbonyl (C=O) groups excluding carboxylic acids is 1. The first-order valence-corrected chi connectivity index (χ1v) is 8.78. The number of rotatable bonds is 5. The van der Waals surface area contributed by atoms with E-state index in [2.05, 4.69) is 15.2 Å². The van der Waals surface area contributed by atoms with Crippen LogP contribution in [0.3, 0.4) is 0 Å². The number of pyridine rings is 1. The number of hydrogen-bond acceptors (Lipinski definition) is 4. The van der Waals surface area contributed by atoms with Gasteiger partial charge in [-0.25, -0.2) is 4.39 Å². The lowest BCUT2D eigenvalue weighted by atomic mass is 10.1. The van der Waals surface area contributed by atoms with Gasteiger partial charge < -0.3 is 9.73 Å². The van der Waals surface area contributed by atoms with Crippen molar-refractivity contribution in [2.45, 2.75) is 32.0 Å². The second kappa shape index (κ2) is 7.25. The molecule has 0 saturated carbocycles. The molecule has 1 saturated heterocycles. The monoisotopic (exact) mass is 353 g/mol. The lowest BCUT2D eigenvalue weighted by molar-refractivity contribution is -0.125. The topological polar surface area (TPSA) is 58.4 Å². The Morgan fingerprint density at radius 1 is 1.35 bits per heavy atom. The Kier molecular flexibility index (Phi) is 4.67. The molecule has 2 aromatic heterocycles. The van der Waals surface area contributed by atoms with E-state index < -0.39 is 0 Å². The maximum Gasteiger partial charge on any atom is 0.237 e. The molecule has 5 nitrogen and oxygen atoms in total. The van der Waals surface area contributed by atoms with E-state index in [1.807, 2.05) is 12.1 Å². The summed E-state index contributed by atoms with van der Waals surface area (Å²) in [6, 6.07) is 10.1. The molecule has 6 heteroatoms. The highest BCUT2D eigenvalue weighted by Gasteiger charge is 2.31. The molecule has 1 aromatic carbocycles. The van der Waals surface area contributed by atoms with Crippen LogP contribution in [-0.2, 0) is 17.9 Å². The zero-order valence-corrected chi connectivity index (χ0v) is 14.3. The molecular formula is C20H20FN3O2. The number of carbonyl (C=O) groups is 1. The van der Waals surface area contributed by atoms with Crippen LogP contribution in [0.15, 0.2) is 53.3 Å². The molecule has 4 rings (SSSR count). The van der Waals surface area contributed by atoms with Gasteiger partial charge in [0.05, 0.1) is 24.4 Å². The molecular weight excluding hydrogens is 333 g/mol.